The SMILES string of the molecule is OCC[n+]1ccc(-c2sc(-c3scc4c3OCCO4)c3c2OCCO3)cc1. The summed E-state index contributed by atoms with van der Waals surface area (Å²) in [6.07, 6.45) is 3.93. The summed E-state index contributed by atoms with van der Waals surface area (Å²) in [6.45, 7) is 2.89. The van der Waals surface area contributed by atoms with Crippen LogP contribution in [0.1, 0.15) is 0 Å². The predicted octanol–water partition coefficient (Wildman–Crippen LogP) is 2.97. The van der Waals surface area contributed by atoms with Crippen LogP contribution in [-0.2, 0) is 6.54 Å². The standard InChI is InChI=1S/C19H18NO5S2/c21-6-5-20-3-1-12(2-4-20)17-15-16(25-10-9-24-15)19(27-17)18-14-13(11-26-18)22-7-8-23-14/h1-4,11,21H,5-10H2/q+1. The van der Waals surface area contributed by atoms with Crippen LogP contribution in [-0.4, -0.2) is 38.1 Å². The largest absolute Gasteiger partial charge is 0.485 e. The lowest BCUT2D eigenvalue weighted by Crippen LogP contribution is -2.34. The molecule has 3 aromatic heterocycles. The van der Waals surface area contributed by atoms with E-state index >= 15 is 0 Å². The molecule has 5 rings (SSSR count). The van der Waals surface area contributed by atoms with E-state index in [1.54, 1.807) is 22.7 Å². The normalized spacial score (nSPS) is 15.0. The minimum atomic E-state index is 0.116. The lowest BCUT2D eigenvalue weighted by Gasteiger charge is -2.18. The van der Waals surface area contributed by atoms with E-state index in [0.717, 1.165) is 43.2 Å². The Morgan fingerprint density at radius 2 is 1.52 bits per heavy atom. The van der Waals surface area contributed by atoms with Crippen molar-refractivity contribution in [3.05, 3.63) is 29.9 Å². The molecule has 0 spiro atoms. The van der Waals surface area contributed by atoms with E-state index in [1.807, 2.05) is 34.5 Å². The third kappa shape index (κ3) is 2.93. The first-order valence-electron chi connectivity index (χ1n) is 8.75. The fraction of sp³-hybridized carbons (Fsp3) is 0.316. The van der Waals surface area contributed by atoms with Gasteiger partial charge in [-0.1, -0.05) is 0 Å². The first-order valence-corrected chi connectivity index (χ1v) is 10.4. The number of aliphatic hydroxyl groups is 1. The highest BCUT2D eigenvalue weighted by Crippen LogP contribution is 2.58. The summed E-state index contributed by atoms with van der Waals surface area (Å²) < 4.78 is 25.5. The molecule has 6 nitrogen and oxygen atoms in total. The fourth-order valence-corrected chi connectivity index (χ4v) is 5.45. The van der Waals surface area contributed by atoms with E-state index in [1.165, 1.54) is 0 Å². The van der Waals surface area contributed by atoms with Crippen LogP contribution in [0, 0.1) is 0 Å². The lowest BCUT2D eigenvalue weighted by atomic mass is 10.2. The van der Waals surface area contributed by atoms with E-state index in [2.05, 4.69) is 0 Å². The van der Waals surface area contributed by atoms with Crippen molar-refractivity contribution in [3.8, 4) is 43.2 Å². The molecule has 0 radical (unpaired) electrons. The van der Waals surface area contributed by atoms with Crippen LogP contribution in [0.25, 0.3) is 20.2 Å². The van der Waals surface area contributed by atoms with E-state index in [9.17, 15) is 0 Å². The van der Waals surface area contributed by atoms with Crippen LogP contribution in [0.3, 0.4) is 0 Å². The number of hydrogen-bond acceptors (Lipinski definition) is 7. The maximum Gasteiger partial charge on any atom is 0.181 e. The van der Waals surface area contributed by atoms with Gasteiger partial charge in [-0.05, 0) is 0 Å². The van der Waals surface area contributed by atoms with Crippen LogP contribution in [0.5, 0.6) is 23.0 Å². The second-order valence-corrected chi connectivity index (χ2v) is 8.02. The zero-order chi connectivity index (χ0) is 18.2. The second-order valence-electron chi connectivity index (χ2n) is 6.12. The minimum absolute atomic E-state index is 0.116. The van der Waals surface area contributed by atoms with Crippen LogP contribution in [0.2, 0.25) is 0 Å². The summed E-state index contributed by atoms with van der Waals surface area (Å²) in [5.74, 6) is 3.17. The van der Waals surface area contributed by atoms with Crippen molar-refractivity contribution >= 4 is 22.7 Å². The molecule has 3 aromatic rings. The van der Waals surface area contributed by atoms with Gasteiger partial charge < -0.3 is 24.1 Å². The van der Waals surface area contributed by atoms with E-state index in [-0.39, 0.29) is 6.61 Å². The maximum atomic E-state index is 9.09. The van der Waals surface area contributed by atoms with E-state index in [0.29, 0.717) is 33.0 Å². The van der Waals surface area contributed by atoms with Crippen molar-refractivity contribution in [3.63, 3.8) is 0 Å². The topological polar surface area (TPSA) is 61.0 Å². The highest BCUT2D eigenvalue weighted by Gasteiger charge is 2.30. The van der Waals surface area contributed by atoms with Gasteiger partial charge >= 0.3 is 0 Å². The molecule has 140 valence electrons. The molecule has 0 aromatic carbocycles. The Bertz CT molecular complexity index is 963. The van der Waals surface area contributed by atoms with Gasteiger partial charge in [0.15, 0.2) is 41.9 Å². The van der Waals surface area contributed by atoms with E-state index in [4.69, 9.17) is 24.1 Å². The molecule has 0 aliphatic carbocycles. The third-order valence-electron chi connectivity index (χ3n) is 4.42. The number of hydrogen-bond donors (Lipinski definition) is 1. The predicted molar refractivity (Wildman–Crippen MR) is 102 cm³/mol. The van der Waals surface area contributed by atoms with Crippen LogP contribution in [0.4, 0.5) is 0 Å². The second kappa shape index (κ2) is 7.03. The maximum absolute atomic E-state index is 9.09. The highest BCUT2D eigenvalue weighted by atomic mass is 32.1. The van der Waals surface area contributed by atoms with Gasteiger partial charge in [0.1, 0.15) is 33.0 Å². The van der Waals surface area contributed by atoms with Gasteiger partial charge in [0.05, 0.1) is 14.6 Å². The van der Waals surface area contributed by atoms with E-state index < -0.39 is 0 Å². The number of fused-ring (bicyclic) bond motifs is 2. The van der Waals surface area contributed by atoms with Crippen LogP contribution >= 0.6 is 22.7 Å². The summed E-state index contributed by atoms with van der Waals surface area (Å²) in [7, 11) is 0. The van der Waals surface area contributed by atoms with Crippen LogP contribution < -0.4 is 23.5 Å². The molecular formula is C19H18NO5S2+. The van der Waals surface area contributed by atoms with Gasteiger partial charge in [-0.3, -0.25) is 0 Å². The number of aliphatic hydroxyl groups excluding tert-OH is 1. The molecule has 27 heavy (non-hydrogen) atoms. The zero-order valence-electron chi connectivity index (χ0n) is 14.5. The van der Waals surface area contributed by atoms with Gasteiger partial charge in [0, 0.05) is 23.1 Å². The average Bonchev–Trinajstić information content (AvgIpc) is 3.30. The average molecular weight is 404 g/mol. The van der Waals surface area contributed by atoms with Gasteiger partial charge in [-0.15, -0.1) is 22.7 Å². The van der Waals surface area contributed by atoms with Crippen molar-refractivity contribution in [2.24, 2.45) is 0 Å². The van der Waals surface area contributed by atoms with Crippen molar-refractivity contribution in [2.45, 2.75) is 6.54 Å². The Balaban J connectivity index is 1.60. The molecule has 2 aliphatic heterocycles. The number of ether oxygens (including phenoxy) is 4. The Labute approximate surface area is 164 Å². The van der Waals surface area contributed by atoms with Gasteiger partial charge in [0.25, 0.3) is 0 Å². The van der Waals surface area contributed by atoms with Crippen LogP contribution in [0.15, 0.2) is 29.9 Å². The Kier molecular flexibility index (Phi) is 4.39. The molecule has 0 bridgehead atoms. The molecule has 0 atom stereocenters. The molecule has 0 fully saturated rings. The molecule has 2 aliphatic rings. The van der Waals surface area contributed by atoms with Gasteiger partial charge in [-0.25, -0.2) is 4.57 Å². The summed E-state index contributed by atoms with van der Waals surface area (Å²) in [6, 6.07) is 4.07. The van der Waals surface area contributed by atoms with Crippen molar-refractivity contribution in [1.82, 2.24) is 0 Å². The van der Waals surface area contributed by atoms with Crippen molar-refractivity contribution in [2.75, 3.05) is 33.0 Å². The molecule has 0 saturated heterocycles. The Morgan fingerprint density at radius 1 is 0.852 bits per heavy atom. The number of pyridine rings is 1. The Morgan fingerprint density at radius 3 is 2.26 bits per heavy atom. The summed E-state index contributed by atoms with van der Waals surface area (Å²) in [5.41, 5.74) is 1.06. The number of nitrogens with zero attached hydrogens (tertiary/aromatic N) is 1. The lowest BCUT2D eigenvalue weighted by molar-refractivity contribution is -0.698. The molecule has 5 heterocycles. The molecular weight excluding hydrogens is 386 g/mol. The molecule has 1 N–H and O–H groups in total. The monoisotopic (exact) mass is 404 g/mol. The molecule has 0 unspecified atom stereocenters. The summed E-state index contributed by atoms with van der Waals surface area (Å²) in [5, 5.41) is 11.1. The smallest absolute Gasteiger partial charge is 0.181 e. The fourth-order valence-electron chi connectivity index (χ4n) is 3.18. The quantitative estimate of drug-likeness (QED) is 0.678. The number of thiophene rings is 2. The third-order valence-corrected chi connectivity index (χ3v) is 6.72. The highest BCUT2D eigenvalue weighted by molar-refractivity contribution is 7.24. The van der Waals surface area contributed by atoms with Crippen molar-refractivity contribution in [1.29, 1.82) is 0 Å². The van der Waals surface area contributed by atoms with Crippen molar-refractivity contribution < 1.29 is 28.6 Å². The molecule has 0 saturated carbocycles. The number of aromatic nitrogens is 1. The van der Waals surface area contributed by atoms with Gasteiger partial charge in [0.2, 0.25) is 0 Å². The molecule has 0 amide bonds. The molecule has 8 heteroatoms. The first-order chi connectivity index (χ1) is 13.3. The Hall–Kier alpha value is -2.29. The first kappa shape index (κ1) is 16.9. The van der Waals surface area contributed by atoms with Gasteiger partial charge in [-0.2, -0.15) is 0 Å². The summed E-state index contributed by atoms with van der Waals surface area (Å²) >= 11 is 3.25. The zero-order valence-corrected chi connectivity index (χ0v) is 16.1. The number of rotatable bonds is 4. The minimum Gasteiger partial charge on any atom is -0.485 e. The summed E-state index contributed by atoms with van der Waals surface area (Å²) in [4.78, 5) is 3.08.